The summed E-state index contributed by atoms with van der Waals surface area (Å²) in [6.07, 6.45) is -5.08. The predicted octanol–water partition coefficient (Wildman–Crippen LogP) is 5.72. The molecule has 1 fully saturated rings. The van der Waals surface area contributed by atoms with Gasteiger partial charge in [0.15, 0.2) is 0 Å². The zero-order valence-corrected chi connectivity index (χ0v) is 19.0. The third kappa shape index (κ3) is 4.16. The average molecular weight is 515 g/mol. The van der Waals surface area contributed by atoms with E-state index in [0.29, 0.717) is 0 Å². The number of nitrogens with two attached hydrogens (primary N) is 1. The Balaban J connectivity index is 1.97. The molecule has 180 valence electrons. The van der Waals surface area contributed by atoms with Crippen LogP contribution in [0.1, 0.15) is 36.0 Å². The molecule has 2 atom stereocenters. The standard InChI is InChI=1S/C22H19Cl2F3N4O3/c23-13-4-1-5-14(24)17(13)30-20-29-15-9-11(18(32)33)6-7-16(15)31(20)21(19(28)34)8-2-3-12(10-21)22(25,26)27/h1,4-7,9,12H,2-3,8,10H2,(H2,28,34)(H,29,30)(H,32,33). The van der Waals surface area contributed by atoms with Gasteiger partial charge in [-0.25, -0.2) is 9.78 Å². The highest BCUT2D eigenvalue weighted by Crippen LogP contribution is 2.48. The molecule has 0 spiro atoms. The van der Waals surface area contributed by atoms with Crippen molar-refractivity contribution >= 4 is 57.7 Å². The van der Waals surface area contributed by atoms with Crippen LogP contribution in [0.2, 0.25) is 10.0 Å². The number of aromatic carboxylic acids is 1. The number of anilines is 2. The second kappa shape index (κ2) is 8.66. The first kappa shape index (κ1) is 24.2. The summed E-state index contributed by atoms with van der Waals surface area (Å²) in [6, 6.07) is 8.66. The van der Waals surface area contributed by atoms with Crippen molar-refractivity contribution < 1.29 is 27.9 Å². The lowest BCUT2D eigenvalue weighted by molar-refractivity contribution is -0.191. The van der Waals surface area contributed by atoms with Gasteiger partial charge >= 0.3 is 12.1 Å². The van der Waals surface area contributed by atoms with E-state index in [0.717, 1.165) is 0 Å². The van der Waals surface area contributed by atoms with E-state index in [1.54, 1.807) is 18.2 Å². The lowest BCUT2D eigenvalue weighted by Gasteiger charge is -2.41. The van der Waals surface area contributed by atoms with Crippen molar-refractivity contribution in [3.8, 4) is 0 Å². The molecule has 0 saturated heterocycles. The molecule has 1 heterocycles. The predicted molar refractivity (Wildman–Crippen MR) is 122 cm³/mol. The van der Waals surface area contributed by atoms with Gasteiger partial charge in [-0.2, -0.15) is 13.2 Å². The topological polar surface area (TPSA) is 110 Å². The second-order valence-corrected chi connectivity index (χ2v) is 9.05. The van der Waals surface area contributed by atoms with E-state index in [-0.39, 0.29) is 57.5 Å². The first-order valence-electron chi connectivity index (χ1n) is 10.3. The number of halogens is 5. The van der Waals surface area contributed by atoms with Crippen molar-refractivity contribution in [1.82, 2.24) is 9.55 Å². The molecule has 1 aliphatic rings. The number of carbonyl (C=O) groups excluding carboxylic acids is 1. The number of amides is 1. The number of para-hydroxylation sites is 1. The Labute approximate surface area is 201 Å². The Morgan fingerprint density at radius 2 is 1.88 bits per heavy atom. The first-order valence-corrected chi connectivity index (χ1v) is 11.0. The third-order valence-corrected chi connectivity index (χ3v) is 6.81. The van der Waals surface area contributed by atoms with Crippen LogP contribution in [0, 0.1) is 5.92 Å². The number of carboxylic acids is 1. The van der Waals surface area contributed by atoms with Gasteiger partial charge in [-0.3, -0.25) is 9.36 Å². The summed E-state index contributed by atoms with van der Waals surface area (Å²) in [5.41, 5.74) is 4.54. The van der Waals surface area contributed by atoms with Crippen molar-refractivity contribution in [3.63, 3.8) is 0 Å². The summed E-state index contributed by atoms with van der Waals surface area (Å²) < 4.78 is 42.4. The number of benzene rings is 2. The minimum Gasteiger partial charge on any atom is -0.478 e. The van der Waals surface area contributed by atoms with Crippen LogP contribution in [-0.2, 0) is 10.3 Å². The maximum atomic E-state index is 13.7. The SMILES string of the molecule is NC(=O)C1(n2c(Nc3c(Cl)cccc3Cl)nc3cc(C(=O)O)ccc32)CCCC(C(F)(F)F)C1. The number of alkyl halides is 3. The fourth-order valence-corrected chi connectivity index (χ4v) is 5.02. The van der Waals surface area contributed by atoms with Crippen LogP contribution in [0.25, 0.3) is 11.0 Å². The molecule has 0 aliphatic heterocycles. The minimum absolute atomic E-state index is 0.0332. The lowest BCUT2D eigenvalue weighted by Crippen LogP contribution is -2.51. The van der Waals surface area contributed by atoms with Crippen molar-refractivity contribution in [2.45, 2.75) is 37.4 Å². The molecule has 4 N–H and O–H groups in total. The van der Waals surface area contributed by atoms with Gasteiger partial charge in [0.25, 0.3) is 0 Å². The van der Waals surface area contributed by atoms with Gasteiger partial charge in [0.2, 0.25) is 11.9 Å². The summed E-state index contributed by atoms with van der Waals surface area (Å²) in [4.78, 5) is 28.7. The molecule has 0 radical (unpaired) electrons. The molecule has 1 amide bonds. The van der Waals surface area contributed by atoms with Crippen molar-refractivity contribution in [2.75, 3.05) is 5.32 Å². The quantitative estimate of drug-likeness (QED) is 0.403. The number of aromatic nitrogens is 2. The van der Waals surface area contributed by atoms with E-state index in [9.17, 15) is 27.9 Å². The third-order valence-electron chi connectivity index (χ3n) is 6.18. The zero-order valence-electron chi connectivity index (χ0n) is 17.5. The molecule has 34 heavy (non-hydrogen) atoms. The van der Waals surface area contributed by atoms with Crippen LogP contribution in [0.4, 0.5) is 24.8 Å². The monoisotopic (exact) mass is 514 g/mol. The molecule has 12 heteroatoms. The van der Waals surface area contributed by atoms with Crippen molar-refractivity contribution in [2.24, 2.45) is 11.7 Å². The smallest absolute Gasteiger partial charge is 0.391 e. The molecule has 2 aromatic carbocycles. The van der Waals surface area contributed by atoms with Crippen LogP contribution in [0.5, 0.6) is 0 Å². The van der Waals surface area contributed by atoms with E-state index in [4.69, 9.17) is 28.9 Å². The Kier molecular flexibility index (Phi) is 6.15. The fraction of sp³-hybridized carbons (Fsp3) is 0.318. The number of rotatable bonds is 5. The van der Waals surface area contributed by atoms with E-state index < -0.39 is 35.9 Å². The van der Waals surface area contributed by atoms with E-state index >= 15 is 0 Å². The Morgan fingerprint density at radius 3 is 2.47 bits per heavy atom. The summed E-state index contributed by atoms with van der Waals surface area (Å²) in [5, 5.41) is 12.7. The Morgan fingerprint density at radius 1 is 1.21 bits per heavy atom. The van der Waals surface area contributed by atoms with Gasteiger partial charge < -0.3 is 16.2 Å². The van der Waals surface area contributed by atoms with Gasteiger partial charge in [0.1, 0.15) is 5.54 Å². The molecule has 1 aliphatic carbocycles. The highest BCUT2D eigenvalue weighted by atomic mass is 35.5. The Hall–Kier alpha value is -2.98. The first-order chi connectivity index (χ1) is 15.9. The van der Waals surface area contributed by atoms with Gasteiger partial charge in [-0.05, 0) is 56.0 Å². The number of imidazole rings is 1. The van der Waals surface area contributed by atoms with Gasteiger partial charge in [-0.1, -0.05) is 29.3 Å². The summed E-state index contributed by atoms with van der Waals surface area (Å²) in [5.74, 6) is -3.94. The van der Waals surface area contributed by atoms with Crippen LogP contribution < -0.4 is 11.1 Å². The van der Waals surface area contributed by atoms with Crippen LogP contribution in [0.3, 0.4) is 0 Å². The van der Waals surface area contributed by atoms with Crippen molar-refractivity contribution in [1.29, 1.82) is 0 Å². The van der Waals surface area contributed by atoms with Crippen LogP contribution in [0.15, 0.2) is 36.4 Å². The number of primary amides is 1. The van der Waals surface area contributed by atoms with Crippen molar-refractivity contribution in [3.05, 3.63) is 52.0 Å². The summed E-state index contributed by atoms with van der Waals surface area (Å²) in [6.45, 7) is 0. The van der Waals surface area contributed by atoms with Gasteiger partial charge in [0, 0.05) is 0 Å². The number of fused-ring (bicyclic) bond motifs is 1. The van der Waals surface area contributed by atoms with Gasteiger partial charge in [0.05, 0.1) is 38.2 Å². The number of nitrogens with one attached hydrogen (secondary N) is 1. The molecule has 3 aromatic rings. The highest BCUT2D eigenvalue weighted by Gasteiger charge is 2.52. The number of carboxylic acid groups (broad SMARTS) is 1. The van der Waals surface area contributed by atoms with Gasteiger partial charge in [-0.15, -0.1) is 0 Å². The highest BCUT2D eigenvalue weighted by molar-refractivity contribution is 6.39. The second-order valence-electron chi connectivity index (χ2n) is 8.23. The molecule has 7 nitrogen and oxygen atoms in total. The van der Waals surface area contributed by atoms with E-state index in [2.05, 4.69) is 10.3 Å². The average Bonchev–Trinajstić information content (AvgIpc) is 3.13. The van der Waals surface area contributed by atoms with E-state index in [1.165, 1.54) is 22.8 Å². The normalized spacial score (nSPS) is 20.9. The number of nitrogens with zero attached hydrogens (tertiary/aromatic N) is 2. The van der Waals surface area contributed by atoms with Crippen LogP contribution >= 0.6 is 23.2 Å². The molecule has 2 unspecified atom stereocenters. The molecular weight excluding hydrogens is 496 g/mol. The number of hydrogen-bond donors (Lipinski definition) is 3. The lowest BCUT2D eigenvalue weighted by atomic mass is 9.74. The molecular formula is C22H19Cl2F3N4O3. The molecule has 1 saturated carbocycles. The maximum absolute atomic E-state index is 13.7. The molecule has 0 bridgehead atoms. The molecule has 4 rings (SSSR count). The minimum atomic E-state index is -4.52. The summed E-state index contributed by atoms with van der Waals surface area (Å²) in [7, 11) is 0. The summed E-state index contributed by atoms with van der Waals surface area (Å²) >= 11 is 12.5. The zero-order chi connectivity index (χ0) is 24.8. The van der Waals surface area contributed by atoms with E-state index in [1.807, 2.05) is 0 Å². The fourth-order valence-electron chi connectivity index (χ4n) is 4.53. The molecule has 1 aromatic heterocycles. The Bertz CT molecular complexity index is 1270. The van der Waals surface area contributed by atoms with Crippen LogP contribution in [-0.4, -0.2) is 32.7 Å². The number of hydrogen-bond acceptors (Lipinski definition) is 4. The largest absolute Gasteiger partial charge is 0.478 e. The number of carbonyl (C=O) groups is 2. The maximum Gasteiger partial charge on any atom is 0.391 e.